The van der Waals surface area contributed by atoms with E-state index in [-0.39, 0.29) is 5.65 Å². The Hall–Kier alpha value is -1.72. The summed E-state index contributed by atoms with van der Waals surface area (Å²) in [5.74, 6) is 1.18. The first kappa shape index (κ1) is 15.2. The van der Waals surface area contributed by atoms with Gasteiger partial charge in [0.1, 0.15) is 11.2 Å². The molecule has 2 aromatic heterocycles. The molecule has 3 heterocycles. The fraction of sp³-hybridized carbons (Fsp3) is 0.562. The standard InChI is InChI=1S/C16H20F3N3/c1-11(2)7-12-3-5-21(9-12)13-8-14(16(17,18)19)15-20-4-6-22(15)10-13/h4,6,8,10-12H,3,5,7,9H2,1-2H3/t12-/m0/s1. The van der Waals surface area contributed by atoms with Crippen LogP contribution in [-0.2, 0) is 6.18 Å². The van der Waals surface area contributed by atoms with E-state index in [4.69, 9.17) is 0 Å². The molecule has 6 heteroatoms. The summed E-state index contributed by atoms with van der Waals surface area (Å²) in [6.07, 6.45) is 2.49. The predicted molar refractivity (Wildman–Crippen MR) is 80.0 cm³/mol. The normalized spacial score (nSPS) is 19.5. The summed E-state index contributed by atoms with van der Waals surface area (Å²) in [5, 5.41) is 0. The van der Waals surface area contributed by atoms with E-state index in [2.05, 4.69) is 23.7 Å². The van der Waals surface area contributed by atoms with Crippen LogP contribution in [0, 0.1) is 11.8 Å². The number of anilines is 1. The van der Waals surface area contributed by atoms with Gasteiger partial charge in [0.05, 0.1) is 5.69 Å². The van der Waals surface area contributed by atoms with Gasteiger partial charge in [0.25, 0.3) is 0 Å². The maximum atomic E-state index is 13.2. The van der Waals surface area contributed by atoms with Gasteiger partial charge in [-0.2, -0.15) is 13.2 Å². The average molecular weight is 311 g/mol. The first-order chi connectivity index (χ1) is 10.3. The number of aromatic nitrogens is 2. The number of hydrogen-bond donors (Lipinski definition) is 0. The predicted octanol–water partition coefficient (Wildman–Crippen LogP) is 4.23. The highest BCUT2D eigenvalue weighted by atomic mass is 19.4. The molecule has 0 spiro atoms. The van der Waals surface area contributed by atoms with E-state index in [1.54, 1.807) is 12.4 Å². The van der Waals surface area contributed by atoms with E-state index in [1.165, 1.54) is 16.7 Å². The lowest BCUT2D eigenvalue weighted by atomic mass is 9.97. The number of nitrogens with zero attached hydrogens (tertiary/aromatic N) is 3. The van der Waals surface area contributed by atoms with E-state index in [0.717, 1.165) is 25.9 Å². The van der Waals surface area contributed by atoms with Crippen LogP contribution in [0.4, 0.5) is 18.9 Å². The number of alkyl halides is 3. The number of fused-ring (bicyclic) bond motifs is 1. The molecule has 0 N–H and O–H groups in total. The Labute approximate surface area is 127 Å². The fourth-order valence-corrected chi connectivity index (χ4v) is 3.33. The fourth-order valence-electron chi connectivity index (χ4n) is 3.33. The third kappa shape index (κ3) is 2.91. The van der Waals surface area contributed by atoms with Gasteiger partial charge in [-0.3, -0.25) is 0 Å². The number of rotatable bonds is 3. The summed E-state index contributed by atoms with van der Waals surface area (Å²) in [5.41, 5.74) is -0.0689. The van der Waals surface area contributed by atoms with Crippen molar-refractivity contribution in [2.75, 3.05) is 18.0 Å². The van der Waals surface area contributed by atoms with Crippen molar-refractivity contribution in [3.63, 3.8) is 0 Å². The van der Waals surface area contributed by atoms with Gasteiger partial charge < -0.3 is 9.30 Å². The van der Waals surface area contributed by atoms with Crippen molar-refractivity contribution in [2.24, 2.45) is 11.8 Å². The van der Waals surface area contributed by atoms with Crippen molar-refractivity contribution in [2.45, 2.75) is 32.9 Å². The van der Waals surface area contributed by atoms with E-state index >= 15 is 0 Å². The second-order valence-corrected chi connectivity index (χ2v) is 6.50. The summed E-state index contributed by atoms with van der Waals surface area (Å²) in [7, 11) is 0. The Morgan fingerprint density at radius 1 is 1.36 bits per heavy atom. The maximum Gasteiger partial charge on any atom is 0.420 e. The molecule has 2 aromatic rings. The quantitative estimate of drug-likeness (QED) is 0.846. The number of pyridine rings is 1. The van der Waals surface area contributed by atoms with Crippen molar-refractivity contribution in [3.05, 3.63) is 30.2 Å². The van der Waals surface area contributed by atoms with Crippen LogP contribution in [0.25, 0.3) is 5.65 Å². The molecule has 1 fully saturated rings. The summed E-state index contributed by atoms with van der Waals surface area (Å²) in [6.45, 7) is 6.01. The molecular formula is C16H20F3N3. The van der Waals surface area contributed by atoms with Crippen LogP contribution in [-0.4, -0.2) is 22.5 Å². The van der Waals surface area contributed by atoms with Gasteiger partial charge in [0.15, 0.2) is 0 Å². The van der Waals surface area contributed by atoms with Gasteiger partial charge in [-0.15, -0.1) is 0 Å². The molecule has 1 aliphatic heterocycles. The maximum absolute atomic E-state index is 13.2. The Kier molecular flexibility index (Phi) is 3.78. The Morgan fingerprint density at radius 2 is 2.14 bits per heavy atom. The molecule has 0 radical (unpaired) electrons. The summed E-state index contributed by atoms with van der Waals surface area (Å²) >= 11 is 0. The van der Waals surface area contributed by atoms with Gasteiger partial charge in [-0.25, -0.2) is 4.98 Å². The van der Waals surface area contributed by atoms with E-state index in [1.807, 2.05) is 0 Å². The molecule has 1 saturated heterocycles. The minimum Gasteiger partial charge on any atom is -0.370 e. The highest BCUT2D eigenvalue weighted by Crippen LogP contribution is 2.36. The topological polar surface area (TPSA) is 20.5 Å². The molecule has 3 rings (SSSR count). The minimum atomic E-state index is -4.39. The van der Waals surface area contributed by atoms with Crippen molar-refractivity contribution in [3.8, 4) is 0 Å². The van der Waals surface area contributed by atoms with Crippen molar-refractivity contribution in [1.29, 1.82) is 0 Å². The molecule has 0 unspecified atom stereocenters. The molecule has 1 atom stereocenters. The largest absolute Gasteiger partial charge is 0.420 e. The average Bonchev–Trinajstić information content (AvgIpc) is 3.03. The first-order valence-electron chi connectivity index (χ1n) is 7.63. The Balaban J connectivity index is 1.92. The number of hydrogen-bond acceptors (Lipinski definition) is 2. The van der Waals surface area contributed by atoms with Gasteiger partial charge in [-0.1, -0.05) is 13.8 Å². The first-order valence-corrected chi connectivity index (χ1v) is 7.63. The zero-order chi connectivity index (χ0) is 15.9. The molecule has 1 aliphatic rings. The highest BCUT2D eigenvalue weighted by Gasteiger charge is 2.35. The van der Waals surface area contributed by atoms with Crippen molar-refractivity contribution >= 4 is 11.3 Å². The molecule has 0 saturated carbocycles. The zero-order valence-corrected chi connectivity index (χ0v) is 12.8. The van der Waals surface area contributed by atoms with Crippen LogP contribution in [0.2, 0.25) is 0 Å². The Bertz CT molecular complexity index is 660. The smallest absolute Gasteiger partial charge is 0.370 e. The second kappa shape index (κ2) is 5.48. The van der Waals surface area contributed by atoms with Gasteiger partial charge in [-0.05, 0) is 30.7 Å². The molecule has 0 aromatic carbocycles. The summed E-state index contributed by atoms with van der Waals surface area (Å²) in [4.78, 5) is 5.89. The molecule has 120 valence electrons. The monoisotopic (exact) mass is 311 g/mol. The lowest BCUT2D eigenvalue weighted by Crippen LogP contribution is -2.21. The van der Waals surface area contributed by atoms with Crippen LogP contribution >= 0.6 is 0 Å². The SMILES string of the molecule is CC(C)C[C@@H]1CCN(c2cc(C(F)(F)F)c3nccn3c2)C1. The van der Waals surface area contributed by atoms with Gasteiger partial charge >= 0.3 is 6.18 Å². The van der Waals surface area contributed by atoms with E-state index in [0.29, 0.717) is 17.5 Å². The molecular weight excluding hydrogens is 291 g/mol. The van der Waals surface area contributed by atoms with Crippen LogP contribution in [0.1, 0.15) is 32.3 Å². The number of halogens is 3. The molecule has 0 aliphatic carbocycles. The molecule has 0 amide bonds. The van der Waals surface area contributed by atoms with Gasteiger partial charge in [0.2, 0.25) is 0 Å². The Morgan fingerprint density at radius 3 is 2.82 bits per heavy atom. The third-order valence-corrected chi connectivity index (χ3v) is 4.23. The lowest BCUT2D eigenvalue weighted by Gasteiger charge is -2.21. The molecule has 0 bridgehead atoms. The van der Waals surface area contributed by atoms with Crippen LogP contribution in [0.15, 0.2) is 24.7 Å². The van der Waals surface area contributed by atoms with Crippen molar-refractivity contribution < 1.29 is 13.2 Å². The zero-order valence-electron chi connectivity index (χ0n) is 12.8. The van der Waals surface area contributed by atoms with Crippen LogP contribution in [0.5, 0.6) is 0 Å². The van der Waals surface area contributed by atoms with E-state index in [9.17, 15) is 13.2 Å². The number of imidazole rings is 1. The summed E-state index contributed by atoms with van der Waals surface area (Å²) < 4.78 is 41.2. The van der Waals surface area contributed by atoms with Crippen LogP contribution in [0.3, 0.4) is 0 Å². The van der Waals surface area contributed by atoms with E-state index < -0.39 is 11.7 Å². The highest BCUT2D eigenvalue weighted by molar-refractivity contribution is 5.59. The van der Waals surface area contributed by atoms with Crippen molar-refractivity contribution in [1.82, 2.24) is 9.38 Å². The van der Waals surface area contributed by atoms with Gasteiger partial charge in [0, 0.05) is 31.7 Å². The third-order valence-electron chi connectivity index (χ3n) is 4.23. The molecule has 22 heavy (non-hydrogen) atoms. The minimum absolute atomic E-state index is 0.0332. The lowest BCUT2D eigenvalue weighted by molar-refractivity contribution is -0.136. The van der Waals surface area contributed by atoms with Crippen LogP contribution < -0.4 is 4.90 Å². The molecule has 3 nitrogen and oxygen atoms in total. The summed E-state index contributed by atoms with van der Waals surface area (Å²) in [6, 6.07) is 1.24. The second-order valence-electron chi connectivity index (χ2n) is 6.50.